The summed E-state index contributed by atoms with van der Waals surface area (Å²) in [5.41, 5.74) is 2.21. The van der Waals surface area contributed by atoms with Crippen molar-refractivity contribution in [2.24, 2.45) is 5.10 Å². The molecule has 0 aliphatic heterocycles. The topological polar surface area (TPSA) is 43.3 Å². The van der Waals surface area contributed by atoms with Crippen LogP contribution in [0.3, 0.4) is 0 Å². The summed E-state index contributed by atoms with van der Waals surface area (Å²) in [6.45, 7) is 0.728. The molecule has 2 aromatic carbocycles. The Bertz CT molecular complexity index is 754. The van der Waals surface area contributed by atoms with Crippen molar-refractivity contribution >= 4 is 6.21 Å². The average molecular weight is 329 g/mol. The third kappa shape index (κ3) is 4.66. The second kappa shape index (κ2) is 8.10. The smallest absolute Gasteiger partial charge is 0.289 e. The zero-order chi connectivity index (χ0) is 15.2. The van der Waals surface area contributed by atoms with Crippen LogP contribution in [0.25, 0.3) is 0 Å². The van der Waals surface area contributed by atoms with Crippen molar-refractivity contribution in [3.63, 3.8) is 0 Å². The van der Waals surface area contributed by atoms with Gasteiger partial charge in [-0.3, -0.25) is 0 Å². The molecule has 0 unspecified atom stereocenters. The minimum Gasteiger partial charge on any atom is -1.00 e. The number of hydrogen-bond donors (Lipinski definition) is 0. The molecule has 0 radical (unpaired) electrons. The highest BCUT2D eigenvalue weighted by atomic mass is 35.5. The zero-order valence-electron chi connectivity index (χ0n) is 12.7. The molecule has 1 aromatic heterocycles. The third-order valence-electron chi connectivity index (χ3n) is 3.21. The maximum atomic E-state index is 5.13. The molecule has 6 heteroatoms. The number of hydrogen-bond acceptors (Lipinski definition) is 3. The van der Waals surface area contributed by atoms with Crippen molar-refractivity contribution in [3.05, 3.63) is 78.4 Å². The standard InChI is InChI=1S/C17H17N4O.ClH/c1-22-17-9-7-15(8-10-17)11-18-21-13-19-20(14-21)12-16-5-3-2-4-6-16;/h2-11,13-14H,12H2,1H3;1H/q+1;/p-1/b18-11-;. The number of benzene rings is 2. The van der Waals surface area contributed by atoms with Crippen molar-refractivity contribution in [3.8, 4) is 5.75 Å². The summed E-state index contributed by atoms with van der Waals surface area (Å²) < 4.78 is 8.66. The van der Waals surface area contributed by atoms with E-state index in [0.29, 0.717) is 0 Å². The van der Waals surface area contributed by atoms with Gasteiger partial charge in [-0.25, -0.2) is 0 Å². The van der Waals surface area contributed by atoms with Crippen LogP contribution in [0.4, 0.5) is 0 Å². The van der Waals surface area contributed by atoms with E-state index in [1.807, 2.05) is 53.5 Å². The Morgan fingerprint density at radius 3 is 2.57 bits per heavy atom. The molecule has 0 N–H and O–H groups in total. The lowest BCUT2D eigenvalue weighted by Crippen LogP contribution is -3.00. The SMILES string of the molecule is COc1ccc(/C=N\[n+]2cnn(Cc3ccccc3)c2)cc1.[Cl-]. The monoisotopic (exact) mass is 328 g/mol. The first-order chi connectivity index (χ1) is 10.8. The highest BCUT2D eigenvalue weighted by Gasteiger charge is 2.05. The molecule has 23 heavy (non-hydrogen) atoms. The van der Waals surface area contributed by atoms with Gasteiger partial charge in [0.05, 0.1) is 13.3 Å². The van der Waals surface area contributed by atoms with E-state index in [0.717, 1.165) is 17.9 Å². The number of halogens is 1. The van der Waals surface area contributed by atoms with Crippen molar-refractivity contribution in [2.45, 2.75) is 6.54 Å². The lowest BCUT2D eigenvalue weighted by Gasteiger charge is -1.97. The Morgan fingerprint density at radius 1 is 1.13 bits per heavy atom. The van der Waals surface area contributed by atoms with Crippen molar-refractivity contribution in [1.82, 2.24) is 9.78 Å². The van der Waals surface area contributed by atoms with Crippen LogP contribution < -0.4 is 21.8 Å². The van der Waals surface area contributed by atoms with Gasteiger partial charge in [-0.2, -0.15) is 0 Å². The van der Waals surface area contributed by atoms with Crippen LogP contribution in [-0.2, 0) is 6.54 Å². The van der Waals surface area contributed by atoms with Crippen LogP contribution in [0, 0.1) is 0 Å². The normalized spacial score (nSPS) is 10.5. The average Bonchev–Trinajstić information content (AvgIpc) is 3.02. The van der Waals surface area contributed by atoms with Crippen LogP contribution in [-0.4, -0.2) is 23.1 Å². The Morgan fingerprint density at radius 2 is 1.87 bits per heavy atom. The van der Waals surface area contributed by atoms with Gasteiger partial charge >= 0.3 is 0 Å². The number of nitrogens with zero attached hydrogens (tertiary/aromatic N) is 4. The minimum absolute atomic E-state index is 0. The summed E-state index contributed by atoms with van der Waals surface area (Å²) in [6, 6.07) is 17.9. The molecular weight excluding hydrogens is 312 g/mol. The van der Waals surface area contributed by atoms with E-state index in [9.17, 15) is 0 Å². The molecule has 0 aliphatic carbocycles. The number of rotatable bonds is 5. The van der Waals surface area contributed by atoms with Gasteiger partial charge < -0.3 is 17.1 Å². The largest absolute Gasteiger partial charge is 1.00 e. The quantitative estimate of drug-likeness (QED) is 0.451. The lowest BCUT2D eigenvalue weighted by molar-refractivity contribution is -0.679. The second-order valence-electron chi connectivity index (χ2n) is 4.83. The van der Waals surface area contributed by atoms with E-state index in [4.69, 9.17) is 4.74 Å². The number of methoxy groups -OCH3 is 1. The predicted octanol–water partition coefficient (Wildman–Crippen LogP) is -0.886. The molecule has 0 atom stereocenters. The first kappa shape index (κ1) is 16.7. The zero-order valence-corrected chi connectivity index (χ0v) is 13.5. The van der Waals surface area contributed by atoms with Crippen LogP contribution in [0.5, 0.6) is 5.75 Å². The maximum absolute atomic E-state index is 5.13. The number of aromatic nitrogens is 3. The van der Waals surface area contributed by atoms with Crippen LogP contribution in [0.15, 0.2) is 72.4 Å². The highest BCUT2D eigenvalue weighted by Crippen LogP contribution is 2.09. The minimum atomic E-state index is 0. The molecule has 0 bridgehead atoms. The first-order valence-corrected chi connectivity index (χ1v) is 6.99. The molecule has 3 rings (SSSR count). The molecule has 3 aromatic rings. The van der Waals surface area contributed by atoms with E-state index in [1.165, 1.54) is 5.56 Å². The summed E-state index contributed by atoms with van der Waals surface area (Å²) in [5, 5.41) is 8.66. The molecule has 118 valence electrons. The van der Waals surface area contributed by atoms with Gasteiger partial charge in [0.2, 0.25) is 6.33 Å². The van der Waals surface area contributed by atoms with Gasteiger partial charge in [0.25, 0.3) is 6.33 Å². The summed E-state index contributed by atoms with van der Waals surface area (Å²) >= 11 is 0. The maximum Gasteiger partial charge on any atom is 0.289 e. The van der Waals surface area contributed by atoms with E-state index in [1.54, 1.807) is 24.3 Å². The first-order valence-electron chi connectivity index (χ1n) is 6.99. The molecule has 0 saturated heterocycles. The van der Waals surface area contributed by atoms with E-state index < -0.39 is 0 Å². The molecule has 5 nitrogen and oxygen atoms in total. The van der Waals surface area contributed by atoms with Gasteiger partial charge in [0, 0.05) is 5.10 Å². The Balaban J connectivity index is 0.00000192. The molecule has 0 fully saturated rings. The Labute approximate surface area is 141 Å². The van der Waals surface area contributed by atoms with Gasteiger partial charge in [-0.05, 0) is 35.4 Å². The fourth-order valence-corrected chi connectivity index (χ4v) is 2.05. The van der Waals surface area contributed by atoms with E-state index in [-0.39, 0.29) is 12.4 Å². The van der Waals surface area contributed by atoms with Gasteiger partial charge in [0.1, 0.15) is 12.3 Å². The van der Waals surface area contributed by atoms with E-state index >= 15 is 0 Å². The molecular formula is C17H17ClN4O. The lowest BCUT2D eigenvalue weighted by atomic mass is 10.2. The molecule has 0 spiro atoms. The summed E-state index contributed by atoms with van der Waals surface area (Å²) in [4.78, 5) is 0. The summed E-state index contributed by atoms with van der Waals surface area (Å²) in [5.74, 6) is 0.834. The van der Waals surface area contributed by atoms with Crippen LogP contribution in [0.2, 0.25) is 0 Å². The van der Waals surface area contributed by atoms with Crippen molar-refractivity contribution < 1.29 is 21.8 Å². The predicted molar refractivity (Wildman–Crippen MR) is 84.0 cm³/mol. The van der Waals surface area contributed by atoms with Gasteiger partial charge in [0.15, 0.2) is 0 Å². The molecule has 0 saturated carbocycles. The fourth-order valence-electron chi connectivity index (χ4n) is 2.05. The number of ether oxygens (including phenoxy) is 1. The summed E-state index contributed by atoms with van der Waals surface area (Å²) in [7, 11) is 1.65. The second-order valence-corrected chi connectivity index (χ2v) is 4.83. The van der Waals surface area contributed by atoms with E-state index in [2.05, 4.69) is 22.3 Å². The van der Waals surface area contributed by atoms with Crippen LogP contribution in [0.1, 0.15) is 11.1 Å². The third-order valence-corrected chi connectivity index (χ3v) is 3.21. The summed E-state index contributed by atoms with van der Waals surface area (Å²) in [6.07, 6.45) is 5.32. The van der Waals surface area contributed by atoms with Gasteiger partial charge in [-0.15, -0.1) is 14.5 Å². The molecule has 0 amide bonds. The molecule has 1 heterocycles. The van der Waals surface area contributed by atoms with Crippen molar-refractivity contribution in [2.75, 3.05) is 7.11 Å². The van der Waals surface area contributed by atoms with Crippen molar-refractivity contribution in [1.29, 1.82) is 0 Å². The molecule has 0 aliphatic rings. The van der Waals surface area contributed by atoms with Crippen LogP contribution >= 0.6 is 0 Å². The Kier molecular flexibility index (Phi) is 5.88. The highest BCUT2D eigenvalue weighted by molar-refractivity contribution is 5.79. The Hall–Kier alpha value is -2.66. The fraction of sp³-hybridized carbons (Fsp3) is 0.118. The van der Waals surface area contributed by atoms with Gasteiger partial charge in [-0.1, -0.05) is 30.3 Å².